The third kappa shape index (κ3) is 1.28. The summed E-state index contributed by atoms with van der Waals surface area (Å²) >= 11 is 0. The lowest BCUT2D eigenvalue weighted by molar-refractivity contribution is -0.359. The Labute approximate surface area is 93.3 Å². The Morgan fingerprint density at radius 3 is 2.88 bits per heavy atom. The maximum Gasteiger partial charge on any atom is 0.216 e. The normalized spacial score (nSPS) is 15.1. The Balaban J connectivity index is 2.40. The molecule has 1 aliphatic rings. The lowest BCUT2D eigenvalue weighted by Gasteiger charge is -2.14. The summed E-state index contributed by atoms with van der Waals surface area (Å²) in [4.78, 5) is 3.31. The number of aromatic amines is 1. The van der Waals surface area contributed by atoms with Gasteiger partial charge in [-0.05, 0) is 25.3 Å². The van der Waals surface area contributed by atoms with E-state index in [-0.39, 0.29) is 5.82 Å². The van der Waals surface area contributed by atoms with E-state index in [0.29, 0.717) is 11.1 Å². The number of halogens is 1. The van der Waals surface area contributed by atoms with Gasteiger partial charge >= 0.3 is 0 Å². The van der Waals surface area contributed by atoms with Crippen molar-refractivity contribution in [2.75, 3.05) is 5.73 Å². The molecule has 0 spiro atoms. The zero-order valence-corrected chi connectivity index (χ0v) is 9.02. The quantitative estimate of drug-likeness (QED) is 0.722. The molecule has 0 unspecified atom stereocenters. The highest BCUT2D eigenvalue weighted by atomic mass is 19.1. The molecule has 0 atom stereocenters. The lowest BCUT2D eigenvalue weighted by atomic mass is 9.93. The van der Waals surface area contributed by atoms with Gasteiger partial charge in [-0.3, -0.25) is 0 Å². The molecular formula is C13H14FN2+. The molecule has 1 aliphatic carbocycles. The van der Waals surface area contributed by atoms with Gasteiger partial charge in [-0.2, -0.15) is 0 Å². The van der Waals surface area contributed by atoms with E-state index in [9.17, 15) is 4.39 Å². The number of benzene rings is 1. The van der Waals surface area contributed by atoms with Crippen molar-refractivity contribution in [3.8, 4) is 0 Å². The van der Waals surface area contributed by atoms with Crippen LogP contribution in [0.2, 0.25) is 0 Å². The van der Waals surface area contributed by atoms with E-state index in [0.717, 1.165) is 30.3 Å². The van der Waals surface area contributed by atoms with Crippen LogP contribution in [-0.4, -0.2) is 0 Å². The SMILES string of the molecule is Nc1c2c([nH+]c3cccc(F)c13)CCCC2. The molecule has 16 heavy (non-hydrogen) atoms. The minimum atomic E-state index is -0.236. The molecule has 0 saturated heterocycles. The van der Waals surface area contributed by atoms with Gasteiger partial charge in [0.25, 0.3) is 0 Å². The first-order chi connectivity index (χ1) is 7.77. The monoisotopic (exact) mass is 217 g/mol. The van der Waals surface area contributed by atoms with E-state index in [4.69, 9.17) is 5.73 Å². The molecule has 82 valence electrons. The summed E-state index contributed by atoms with van der Waals surface area (Å²) in [6, 6.07) is 5.05. The van der Waals surface area contributed by atoms with E-state index in [1.807, 2.05) is 6.07 Å². The van der Waals surface area contributed by atoms with Crippen molar-refractivity contribution >= 4 is 16.6 Å². The Hall–Kier alpha value is -1.64. The predicted molar refractivity (Wildman–Crippen MR) is 61.5 cm³/mol. The van der Waals surface area contributed by atoms with Crippen molar-refractivity contribution in [1.82, 2.24) is 0 Å². The number of pyridine rings is 1. The molecule has 3 heteroatoms. The fourth-order valence-corrected chi connectivity index (χ4v) is 2.56. The molecular weight excluding hydrogens is 203 g/mol. The highest BCUT2D eigenvalue weighted by Crippen LogP contribution is 2.30. The Morgan fingerprint density at radius 2 is 2.00 bits per heavy atom. The number of nitrogens with one attached hydrogen (secondary N) is 1. The summed E-state index contributed by atoms with van der Waals surface area (Å²) in [5.74, 6) is -0.236. The van der Waals surface area contributed by atoms with Gasteiger partial charge in [0.2, 0.25) is 5.52 Å². The maximum atomic E-state index is 13.7. The molecule has 1 aromatic carbocycles. The van der Waals surface area contributed by atoms with Gasteiger partial charge in [-0.15, -0.1) is 0 Å². The smallest absolute Gasteiger partial charge is 0.216 e. The van der Waals surface area contributed by atoms with Crippen molar-refractivity contribution in [1.29, 1.82) is 0 Å². The summed E-state index contributed by atoms with van der Waals surface area (Å²) < 4.78 is 13.7. The van der Waals surface area contributed by atoms with Gasteiger partial charge in [-0.25, -0.2) is 9.37 Å². The maximum absolute atomic E-state index is 13.7. The number of nitrogens with two attached hydrogens (primary N) is 1. The number of anilines is 1. The largest absolute Gasteiger partial charge is 0.398 e. The summed E-state index contributed by atoms with van der Waals surface area (Å²) in [6.45, 7) is 0. The number of hydrogen-bond acceptors (Lipinski definition) is 1. The highest BCUT2D eigenvalue weighted by Gasteiger charge is 2.22. The minimum Gasteiger partial charge on any atom is -0.398 e. The van der Waals surface area contributed by atoms with E-state index in [2.05, 4.69) is 4.98 Å². The van der Waals surface area contributed by atoms with E-state index in [1.54, 1.807) is 6.07 Å². The molecule has 0 aliphatic heterocycles. The highest BCUT2D eigenvalue weighted by molar-refractivity contribution is 5.90. The first-order valence-corrected chi connectivity index (χ1v) is 5.68. The van der Waals surface area contributed by atoms with Gasteiger partial charge < -0.3 is 5.73 Å². The number of fused-ring (bicyclic) bond motifs is 2. The van der Waals surface area contributed by atoms with E-state index < -0.39 is 0 Å². The Morgan fingerprint density at radius 1 is 1.19 bits per heavy atom. The van der Waals surface area contributed by atoms with Crippen LogP contribution in [0.15, 0.2) is 18.2 Å². The standard InChI is InChI=1S/C13H13FN2/c14-9-5-3-7-11-12(9)13(15)8-4-1-2-6-10(8)16-11/h3,5,7H,1-2,4,6H2,(H2,15,16)/p+1. The van der Waals surface area contributed by atoms with Crippen LogP contribution in [0.5, 0.6) is 0 Å². The van der Waals surface area contributed by atoms with Crippen LogP contribution >= 0.6 is 0 Å². The molecule has 0 fully saturated rings. The van der Waals surface area contributed by atoms with Crippen LogP contribution in [-0.2, 0) is 12.8 Å². The van der Waals surface area contributed by atoms with Crippen LogP contribution < -0.4 is 10.7 Å². The minimum absolute atomic E-state index is 0.236. The topological polar surface area (TPSA) is 40.2 Å². The van der Waals surface area contributed by atoms with Crippen molar-refractivity contribution in [3.63, 3.8) is 0 Å². The zero-order valence-electron chi connectivity index (χ0n) is 9.02. The Kier molecular flexibility index (Phi) is 2.06. The van der Waals surface area contributed by atoms with Crippen molar-refractivity contribution < 1.29 is 9.37 Å². The van der Waals surface area contributed by atoms with Crippen molar-refractivity contribution in [2.24, 2.45) is 0 Å². The second-order valence-corrected chi connectivity index (χ2v) is 4.37. The van der Waals surface area contributed by atoms with Crippen LogP contribution in [0.3, 0.4) is 0 Å². The third-order valence-corrected chi connectivity index (χ3v) is 3.36. The Bertz CT molecular complexity index is 563. The predicted octanol–water partition coefficient (Wildman–Crippen LogP) is 2.25. The molecule has 0 bridgehead atoms. The molecule has 1 aromatic heterocycles. The zero-order chi connectivity index (χ0) is 11.1. The molecule has 3 rings (SSSR count). The molecule has 0 saturated carbocycles. The average Bonchev–Trinajstić information content (AvgIpc) is 2.29. The first-order valence-electron chi connectivity index (χ1n) is 5.68. The van der Waals surface area contributed by atoms with E-state index >= 15 is 0 Å². The number of nitrogen functional groups attached to an aromatic ring is 1. The van der Waals surface area contributed by atoms with Crippen LogP contribution in [0.1, 0.15) is 24.1 Å². The number of hydrogen-bond donors (Lipinski definition) is 1. The molecule has 2 nitrogen and oxygen atoms in total. The van der Waals surface area contributed by atoms with Crippen LogP contribution in [0.4, 0.5) is 10.1 Å². The number of rotatable bonds is 0. The van der Waals surface area contributed by atoms with Crippen LogP contribution in [0, 0.1) is 5.82 Å². The molecule has 3 N–H and O–H groups in total. The van der Waals surface area contributed by atoms with Gasteiger partial charge in [0.1, 0.15) is 11.2 Å². The van der Waals surface area contributed by atoms with Gasteiger partial charge in [0.05, 0.1) is 5.69 Å². The summed E-state index contributed by atoms with van der Waals surface area (Å²) in [7, 11) is 0. The molecule has 2 aromatic rings. The fraction of sp³-hybridized carbons (Fsp3) is 0.308. The second kappa shape index (κ2) is 3.44. The summed E-state index contributed by atoms with van der Waals surface area (Å²) in [6.07, 6.45) is 4.31. The van der Waals surface area contributed by atoms with Gasteiger partial charge in [0.15, 0.2) is 5.69 Å². The third-order valence-electron chi connectivity index (χ3n) is 3.36. The summed E-state index contributed by atoms with van der Waals surface area (Å²) in [5.41, 5.74) is 9.81. The first kappa shape index (κ1) is 9.58. The number of H-pyrrole nitrogens is 1. The number of aryl methyl sites for hydroxylation is 1. The molecule has 1 heterocycles. The lowest BCUT2D eigenvalue weighted by Crippen LogP contribution is -2.21. The molecule has 0 radical (unpaired) electrons. The van der Waals surface area contributed by atoms with E-state index in [1.165, 1.54) is 18.2 Å². The summed E-state index contributed by atoms with van der Waals surface area (Å²) in [5, 5.41) is 0.545. The van der Waals surface area contributed by atoms with Gasteiger partial charge in [0, 0.05) is 18.1 Å². The van der Waals surface area contributed by atoms with Crippen molar-refractivity contribution in [3.05, 3.63) is 35.3 Å². The second-order valence-electron chi connectivity index (χ2n) is 4.37. The van der Waals surface area contributed by atoms with Crippen LogP contribution in [0.25, 0.3) is 10.9 Å². The number of aromatic nitrogens is 1. The molecule has 0 amide bonds. The average molecular weight is 217 g/mol. The van der Waals surface area contributed by atoms with Gasteiger partial charge in [-0.1, -0.05) is 6.07 Å². The fourth-order valence-electron chi connectivity index (χ4n) is 2.56. The van der Waals surface area contributed by atoms with Crippen molar-refractivity contribution in [2.45, 2.75) is 25.7 Å².